The number of carboxylic acid groups (broad SMARTS) is 1. The summed E-state index contributed by atoms with van der Waals surface area (Å²) in [5, 5.41) is 9.48. The second-order valence-electron chi connectivity index (χ2n) is 5.99. The molecule has 0 aromatic heterocycles. The summed E-state index contributed by atoms with van der Waals surface area (Å²) in [6, 6.07) is 0. The first-order valence-electron chi connectivity index (χ1n) is 8.60. The molecule has 2 amide bonds. The highest BCUT2D eigenvalue weighted by molar-refractivity contribution is 6.01. The summed E-state index contributed by atoms with van der Waals surface area (Å²) < 4.78 is 0. The zero-order chi connectivity index (χ0) is 18.8. The first kappa shape index (κ1) is 21.0. The van der Waals surface area contributed by atoms with Crippen molar-refractivity contribution in [3.8, 4) is 0 Å². The van der Waals surface area contributed by atoms with Crippen LogP contribution in [-0.4, -0.2) is 83.0 Å². The molecule has 1 heterocycles. The van der Waals surface area contributed by atoms with Crippen LogP contribution in [0.3, 0.4) is 0 Å². The van der Waals surface area contributed by atoms with Gasteiger partial charge in [0.25, 0.3) is 11.8 Å². The highest BCUT2D eigenvalue weighted by atomic mass is 16.7. The Labute approximate surface area is 147 Å². The number of carboxylic acids is 1. The van der Waals surface area contributed by atoms with E-state index in [1.165, 1.54) is 0 Å². The first-order chi connectivity index (χ1) is 11.9. The van der Waals surface area contributed by atoms with Gasteiger partial charge in [-0.25, -0.2) is 4.79 Å². The fraction of sp³-hybridized carbons (Fsp3) is 0.750. The Morgan fingerprint density at radius 1 is 0.960 bits per heavy atom. The van der Waals surface area contributed by atoms with Crippen LogP contribution in [0.4, 0.5) is 0 Å². The molecule has 0 radical (unpaired) electrons. The third-order valence-corrected chi connectivity index (χ3v) is 3.72. The SMILES string of the molecule is CCCN(CCN(CCC)CC(=O)ON1C(=O)CCC1=O)CC(=O)O. The summed E-state index contributed by atoms with van der Waals surface area (Å²) in [7, 11) is 0. The average molecular weight is 357 g/mol. The van der Waals surface area contributed by atoms with Gasteiger partial charge in [0.05, 0.1) is 13.1 Å². The lowest BCUT2D eigenvalue weighted by Crippen LogP contribution is -2.42. The van der Waals surface area contributed by atoms with Crippen LogP contribution in [0.15, 0.2) is 0 Å². The second kappa shape index (κ2) is 10.8. The summed E-state index contributed by atoms with van der Waals surface area (Å²) >= 11 is 0. The number of carbonyl (C=O) groups is 4. The number of nitrogens with zero attached hydrogens (tertiary/aromatic N) is 3. The molecule has 1 saturated heterocycles. The van der Waals surface area contributed by atoms with Crippen molar-refractivity contribution in [3.05, 3.63) is 0 Å². The largest absolute Gasteiger partial charge is 0.480 e. The van der Waals surface area contributed by atoms with Crippen molar-refractivity contribution in [2.45, 2.75) is 39.5 Å². The van der Waals surface area contributed by atoms with Crippen LogP contribution in [0.5, 0.6) is 0 Å². The van der Waals surface area contributed by atoms with Gasteiger partial charge in [-0.2, -0.15) is 0 Å². The van der Waals surface area contributed by atoms with E-state index in [0.717, 1.165) is 12.8 Å². The molecular formula is C16H27N3O6. The molecule has 0 aromatic rings. The smallest absolute Gasteiger partial charge is 0.347 e. The maximum Gasteiger partial charge on any atom is 0.347 e. The number of amides is 2. The Morgan fingerprint density at radius 3 is 1.88 bits per heavy atom. The molecule has 0 bridgehead atoms. The maximum atomic E-state index is 12.0. The molecule has 1 aliphatic rings. The van der Waals surface area contributed by atoms with E-state index >= 15 is 0 Å². The topological polar surface area (TPSA) is 107 Å². The predicted molar refractivity (Wildman–Crippen MR) is 88.3 cm³/mol. The second-order valence-corrected chi connectivity index (χ2v) is 5.99. The molecule has 25 heavy (non-hydrogen) atoms. The normalized spacial score (nSPS) is 14.6. The van der Waals surface area contributed by atoms with Crippen LogP contribution in [-0.2, 0) is 24.0 Å². The minimum Gasteiger partial charge on any atom is -0.480 e. The van der Waals surface area contributed by atoms with Gasteiger partial charge >= 0.3 is 11.9 Å². The molecule has 1 aliphatic heterocycles. The Kier molecular flexibility index (Phi) is 9.07. The Bertz CT molecular complexity index is 480. The minimum absolute atomic E-state index is 0.0466. The standard InChI is InChI=1S/C16H27N3O6/c1-3-7-17(11-15(22)23)9-10-18(8-4-2)12-16(24)25-19-13(20)5-6-14(19)21/h3-12H2,1-2H3,(H,22,23). The monoisotopic (exact) mass is 357 g/mol. The van der Waals surface area contributed by atoms with E-state index in [-0.39, 0.29) is 25.9 Å². The molecule has 1 rings (SSSR count). The van der Waals surface area contributed by atoms with Crippen molar-refractivity contribution in [1.29, 1.82) is 0 Å². The van der Waals surface area contributed by atoms with E-state index in [0.29, 0.717) is 31.2 Å². The minimum atomic E-state index is -0.888. The summed E-state index contributed by atoms with van der Waals surface area (Å²) in [5.74, 6) is -2.56. The van der Waals surface area contributed by atoms with Crippen molar-refractivity contribution in [3.63, 3.8) is 0 Å². The van der Waals surface area contributed by atoms with Gasteiger partial charge in [0.2, 0.25) is 0 Å². The fourth-order valence-corrected chi connectivity index (χ4v) is 2.62. The quantitative estimate of drug-likeness (QED) is 0.490. The molecule has 0 aromatic carbocycles. The van der Waals surface area contributed by atoms with Crippen molar-refractivity contribution in [2.24, 2.45) is 0 Å². The molecule has 0 spiro atoms. The molecule has 0 unspecified atom stereocenters. The van der Waals surface area contributed by atoms with Crippen molar-refractivity contribution < 1.29 is 29.1 Å². The van der Waals surface area contributed by atoms with Crippen LogP contribution in [0.2, 0.25) is 0 Å². The molecule has 1 fully saturated rings. The molecule has 0 aliphatic carbocycles. The lowest BCUT2D eigenvalue weighted by molar-refractivity contribution is -0.198. The Balaban J connectivity index is 2.51. The predicted octanol–water partition coefficient (Wildman–Crippen LogP) is 0.102. The fourth-order valence-electron chi connectivity index (χ4n) is 2.62. The van der Waals surface area contributed by atoms with Crippen LogP contribution < -0.4 is 0 Å². The third kappa shape index (κ3) is 7.61. The number of carbonyl (C=O) groups excluding carboxylic acids is 3. The number of imide groups is 1. The van der Waals surface area contributed by atoms with E-state index < -0.39 is 23.8 Å². The number of aliphatic carboxylic acids is 1. The Hall–Kier alpha value is -2.00. The van der Waals surface area contributed by atoms with Gasteiger partial charge in [-0.3, -0.25) is 24.2 Å². The van der Waals surface area contributed by atoms with Gasteiger partial charge < -0.3 is 9.94 Å². The zero-order valence-electron chi connectivity index (χ0n) is 14.9. The average Bonchev–Trinajstić information content (AvgIpc) is 2.84. The summed E-state index contributed by atoms with van der Waals surface area (Å²) in [6.07, 6.45) is 1.77. The van der Waals surface area contributed by atoms with Crippen molar-refractivity contribution in [2.75, 3.05) is 39.3 Å². The van der Waals surface area contributed by atoms with Crippen LogP contribution in [0, 0.1) is 0 Å². The maximum absolute atomic E-state index is 12.0. The lowest BCUT2D eigenvalue weighted by Gasteiger charge is -2.26. The van der Waals surface area contributed by atoms with Gasteiger partial charge in [-0.1, -0.05) is 13.8 Å². The van der Waals surface area contributed by atoms with Gasteiger partial charge in [-0.15, -0.1) is 5.06 Å². The van der Waals surface area contributed by atoms with Crippen molar-refractivity contribution >= 4 is 23.8 Å². The summed E-state index contributed by atoms with van der Waals surface area (Å²) in [5.41, 5.74) is 0. The van der Waals surface area contributed by atoms with Gasteiger partial charge in [0.1, 0.15) is 0 Å². The highest BCUT2D eigenvalue weighted by Gasteiger charge is 2.33. The summed E-state index contributed by atoms with van der Waals surface area (Å²) in [6.45, 7) is 6.13. The van der Waals surface area contributed by atoms with E-state index in [4.69, 9.17) is 9.94 Å². The van der Waals surface area contributed by atoms with Gasteiger partial charge in [0.15, 0.2) is 0 Å². The molecule has 0 atom stereocenters. The third-order valence-electron chi connectivity index (χ3n) is 3.72. The molecule has 0 saturated carbocycles. The van der Waals surface area contributed by atoms with Crippen LogP contribution in [0.1, 0.15) is 39.5 Å². The van der Waals surface area contributed by atoms with Gasteiger partial charge in [-0.05, 0) is 25.9 Å². The molecule has 142 valence electrons. The van der Waals surface area contributed by atoms with E-state index in [2.05, 4.69) is 0 Å². The molecular weight excluding hydrogens is 330 g/mol. The highest BCUT2D eigenvalue weighted by Crippen LogP contribution is 2.12. The Morgan fingerprint density at radius 2 is 1.44 bits per heavy atom. The van der Waals surface area contributed by atoms with E-state index in [1.54, 1.807) is 0 Å². The zero-order valence-corrected chi connectivity index (χ0v) is 14.9. The van der Waals surface area contributed by atoms with Crippen LogP contribution in [0.25, 0.3) is 0 Å². The van der Waals surface area contributed by atoms with Crippen LogP contribution >= 0.6 is 0 Å². The van der Waals surface area contributed by atoms with E-state index in [9.17, 15) is 19.2 Å². The number of hydrogen-bond donors (Lipinski definition) is 1. The number of hydrogen-bond acceptors (Lipinski definition) is 7. The first-order valence-corrected chi connectivity index (χ1v) is 8.60. The number of rotatable bonds is 12. The van der Waals surface area contributed by atoms with Gasteiger partial charge in [0, 0.05) is 25.9 Å². The van der Waals surface area contributed by atoms with Crippen molar-refractivity contribution in [1.82, 2.24) is 14.9 Å². The molecule has 9 nitrogen and oxygen atoms in total. The molecule has 1 N–H and O–H groups in total. The molecule has 9 heteroatoms. The van der Waals surface area contributed by atoms with E-state index in [1.807, 2.05) is 23.6 Å². The lowest BCUT2D eigenvalue weighted by atomic mass is 10.3. The summed E-state index contributed by atoms with van der Waals surface area (Å²) in [4.78, 5) is 54.4. The number of hydroxylamine groups is 2.